The number of nitrogens with zero attached hydrogens (tertiary/aromatic N) is 2. The molecule has 2 fully saturated rings. The molecular formula is C28H35ClN2O5. The zero-order chi connectivity index (χ0) is 25.4. The molecule has 0 N–H and O–H groups in total. The minimum atomic E-state index is -0.955. The molecule has 2 atom stereocenters. The van der Waals surface area contributed by atoms with Crippen LogP contribution in [0.2, 0.25) is 5.02 Å². The zero-order valence-electron chi connectivity index (χ0n) is 20.9. The van der Waals surface area contributed by atoms with Gasteiger partial charge in [-0.1, -0.05) is 41.9 Å². The van der Waals surface area contributed by atoms with Gasteiger partial charge < -0.3 is 24.0 Å². The molecule has 2 aromatic rings. The van der Waals surface area contributed by atoms with Gasteiger partial charge >= 0.3 is 0 Å². The number of benzene rings is 2. The number of amides is 2. The van der Waals surface area contributed by atoms with Crippen molar-refractivity contribution in [2.75, 3.05) is 40.0 Å². The molecular weight excluding hydrogens is 480 g/mol. The Morgan fingerprint density at radius 1 is 1.11 bits per heavy atom. The van der Waals surface area contributed by atoms with Crippen LogP contribution in [-0.2, 0) is 25.6 Å². The van der Waals surface area contributed by atoms with Crippen LogP contribution in [-0.4, -0.2) is 73.3 Å². The second-order valence-corrected chi connectivity index (χ2v) is 10.1. The summed E-state index contributed by atoms with van der Waals surface area (Å²) < 4.78 is 18.1. The number of carbonyl (C=O) groups is 2. The number of halogens is 1. The summed E-state index contributed by atoms with van der Waals surface area (Å²) in [6.45, 7) is 2.47. The van der Waals surface area contributed by atoms with E-state index < -0.39 is 5.60 Å². The molecule has 4 rings (SSSR count). The molecule has 0 aliphatic carbocycles. The van der Waals surface area contributed by atoms with Gasteiger partial charge in [-0.3, -0.25) is 9.59 Å². The van der Waals surface area contributed by atoms with Crippen LogP contribution in [0.3, 0.4) is 0 Å². The summed E-state index contributed by atoms with van der Waals surface area (Å²) in [5.74, 6) is 0.598. The van der Waals surface area contributed by atoms with Gasteiger partial charge in [0.1, 0.15) is 18.0 Å². The first-order valence-corrected chi connectivity index (χ1v) is 13.0. The van der Waals surface area contributed by atoms with Crippen LogP contribution in [0.4, 0.5) is 0 Å². The van der Waals surface area contributed by atoms with Crippen molar-refractivity contribution < 1.29 is 23.8 Å². The lowest BCUT2D eigenvalue weighted by Gasteiger charge is -2.43. The van der Waals surface area contributed by atoms with E-state index in [9.17, 15) is 9.59 Å². The first kappa shape index (κ1) is 26.5. The van der Waals surface area contributed by atoms with E-state index in [0.717, 1.165) is 24.8 Å². The van der Waals surface area contributed by atoms with Crippen molar-refractivity contribution in [3.05, 3.63) is 65.2 Å². The van der Waals surface area contributed by atoms with Crippen molar-refractivity contribution in [1.29, 1.82) is 0 Å². The Morgan fingerprint density at radius 3 is 2.61 bits per heavy atom. The molecule has 2 saturated heterocycles. The van der Waals surface area contributed by atoms with Gasteiger partial charge in [0.25, 0.3) is 0 Å². The quantitative estimate of drug-likeness (QED) is 0.498. The molecule has 2 aliphatic heterocycles. The third-order valence-electron chi connectivity index (χ3n) is 6.75. The molecule has 0 aromatic heterocycles. The van der Waals surface area contributed by atoms with Gasteiger partial charge in [-0.05, 0) is 49.1 Å². The molecule has 0 saturated carbocycles. The van der Waals surface area contributed by atoms with E-state index in [2.05, 4.69) is 0 Å². The fourth-order valence-electron chi connectivity index (χ4n) is 4.70. The van der Waals surface area contributed by atoms with Gasteiger partial charge in [-0.25, -0.2) is 0 Å². The maximum Gasteiger partial charge on any atom is 0.225 e. The van der Waals surface area contributed by atoms with Gasteiger partial charge in [0.15, 0.2) is 0 Å². The highest BCUT2D eigenvalue weighted by Gasteiger charge is 2.42. The maximum absolute atomic E-state index is 13.3. The average Bonchev–Trinajstić information content (AvgIpc) is 2.89. The van der Waals surface area contributed by atoms with Crippen LogP contribution in [0.1, 0.15) is 37.7 Å². The number of rotatable bonds is 9. The molecule has 0 bridgehead atoms. The standard InChI is InChI=1S/C28H35ClN2O5/c1-30(19-22-7-3-2-4-8-22)27(33)18-28(21-35-24-12-10-23(29)11-13-24)20-31(14-16-36-28)26(32)17-25-9-5-6-15-34-25/h2-4,7-8,10-13,25H,5-6,9,14-21H2,1H3/t25-,28+/m1/s1. The third kappa shape index (κ3) is 7.45. The van der Waals surface area contributed by atoms with Gasteiger partial charge in [0.05, 0.1) is 32.1 Å². The fraction of sp³-hybridized carbons (Fsp3) is 0.500. The van der Waals surface area contributed by atoms with E-state index in [1.807, 2.05) is 30.3 Å². The minimum Gasteiger partial charge on any atom is -0.490 e. The predicted molar refractivity (Wildman–Crippen MR) is 138 cm³/mol. The summed E-state index contributed by atoms with van der Waals surface area (Å²) in [4.78, 5) is 30.0. The smallest absolute Gasteiger partial charge is 0.225 e. The largest absolute Gasteiger partial charge is 0.490 e. The molecule has 2 aliphatic rings. The molecule has 0 spiro atoms. The van der Waals surface area contributed by atoms with Crippen LogP contribution in [0, 0.1) is 0 Å². The summed E-state index contributed by atoms with van der Waals surface area (Å²) in [5, 5.41) is 0.616. The average molecular weight is 515 g/mol. The van der Waals surface area contributed by atoms with Crippen LogP contribution in [0.25, 0.3) is 0 Å². The SMILES string of the molecule is CN(Cc1ccccc1)C(=O)C[C@@]1(COc2ccc(Cl)cc2)CN(C(=O)C[C@H]2CCCCO2)CCO1. The summed E-state index contributed by atoms with van der Waals surface area (Å²) in [6.07, 6.45) is 3.47. The monoisotopic (exact) mass is 514 g/mol. The molecule has 2 amide bonds. The summed E-state index contributed by atoms with van der Waals surface area (Å²) in [7, 11) is 1.79. The Labute approximate surface area is 218 Å². The lowest BCUT2D eigenvalue weighted by Crippen LogP contribution is -2.58. The topological polar surface area (TPSA) is 68.3 Å². The Bertz CT molecular complexity index is 997. The van der Waals surface area contributed by atoms with E-state index in [1.54, 1.807) is 41.1 Å². The van der Waals surface area contributed by atoms with E-state index in [0.29, 0.717) is 43.5 Å². The van der Waals surface area contributed by atoms with Gasteiger partial charge in [0.2, 0.25) is 11.8 Å². The van der Waals surface area contributed by atoms with E-state index in [-0.39, 0.29) is 37.5 Å². The molecule has 194 valence electrons. The third-order valence-corrected chi connectivity index (χ3v) is 7.01. The Kier molecular flexibility index (Phi) is 9.24. The molecule has 0 unspecified atom stereocenters. The number of ether oxygens (including phenoxy) is 3. The van der Waals surface area contributed by atoms with Crippen molar-refractivity contribution in [2.24, 2.45) is 0 Å². The van der Waals surface area contributed by atoms with E-state index in [1.165, 1.54) is 0 Å². The molecule has 2 heterocycles. The Morgan fingerprint density at radius 2 is 1.89 bits per heavy atom. The van der Waals surface area contributed by atoms with Gasteiger partial charge in [0, 0.05) is 31.8 Å². The van der Waals surface area contributed by atoms with Gasteiger partial charge in [-0.2, -0.15) is 0 Å². The first-order valence-electron chi connectivity index (χ1n) is 12.6. The van der Waals surface area contributed by atoms with E-state index in [4.69, 9.17) is 25.8 Å². The van der Waals surface area contributed by atoms with Crippen LogP contribution < -0.4 is 4.74 Å². The summed E-state index contributed by atoms with van der Waals surface area (Å²) in [6, 6.07) is 16.9. The molecule has 7 nitrogen and oxygen atoms in total. The van der Waals surface area contributed by atoms with Crippen molar-refractivity contribution in [3.63, 3.8) is 0 Å². The highest BCUT2D eigenvalue weighted by Crippen LogP contribution is 2.27. The molecule has 8 heteroatoms. The first-order chi connectivity index (χ1) is 17.4. The lowest BCUT2D eigenvalue weighted by molar-refractivity contribution is -0.167. The second kappa shape index (κ2) is 12.6. The highest BCUT2D eigenvalue weighted by atomic mass is 35.5. The predicted octanol–water partition coefficient (Wildman–Crippen LogP) is 4.32. The molecule has 0 radical (unpaired) electrons. The highest BCUT2D eigenvalue weighted by molar-refractivity contribution is 6.30. The normalized spacial score (nSPS) is 22.2. The number of carbonyl (C=O) groups excluding carboxylic acids is 2. The van der Waals surface area contributed by atoms with Crippen LogP contribution in [0.15, 0.2) is 54.6 Å². The van der Waals surface area contributed by atoms with Crippen LogP contribution >= 0.6 is 11.6 Å². The van der Waals surface area contributed by atoms with Crippen molar-refractivity contribution in [3.8, 4) is 5.75 Å². The number of hydrogen-bond acceptors (Lipinski definition) is 5. The lowest BCUT2D eigenvalue weighted by atomic mass is 9.96. The number of morpholine rings is 1. The van der Waals surface area contributed by atoms with Crippen molar-refractivity contribution in [1.82, 2.24) is 9.80 Å². The zero-order valence-corrected chi connectivity index (χ0v) is 21.6. The Hall–Kier alpha value is -2.61. The minimum absolute atomic E-state index is 0.0335. The Balaban J connectivity index is 1.45. The molecule has 2 aromatic carbocycles. The van der Waals surface area contributed by atoms with Crippen molar-refractivity contribution in [2.45, 2.75) is 50.4 Å². The molecule has 36 heavy (non-hydrogen) atoms. The van der Waals surface area contributed by atoms with Crippen LogP contribution in [0.5, 0.6) is 5.75 Å². The maximum atomic E-state index is 13.3. The summed E-state index contributed by atoms with van der Waals surface area (Å²) in [5.41, 5.74) is 0.0943. The van der Waals surface area contributed by atoms with E-state index >= 15 is 0 Å². The van der Waals surface area contributed by atoms with Gasteiger partial charge in [-0.15, -0.1) is 0 Å². The number of hydrogen-bond donors (Lipinski definition) is 0. The van der Waals surface area contributed by atoms with Crippen molar-refractivity contribution >= 4 is 23.4 Å². The fourth-order valence-corrected chi connectivity index (χ4v) is 4.82. The summed E-state index contributed by atoms with van der Waals surface area (Å²) >= 11 is 6.01. The second-order valence-electron chi connectivity index (χ2n) is 9.69.